The average Bonchev–Trinajstić information content (AvgIpc) is 2.80. The number of fused-ring (bicyclic) bond motifs is 1. The van der Waals surface area contributed by atoms with E-state index in [9.17, 15) is 17.6 Å². The van der Waals surface area contributed by atoms with Gasteiger partial charge in [0.1, 0.15) is 5.69 Å². The third-order valence-electron chi connectivity index (χ3n) is 4.51. The maximum absolute atomic E-state index is 13.4. The van der Waals surface area contributed by atoms with Crippen molar-refractivity contribution in [3.63, 3.8) is 0 Å². The Morgan fingerprint density at radius 1 is 1.38 bits per heavy atom. The molecule has 1 N–H and O–H groups in total. The number of nitrogens with zero attached hydrogens (tertiary/aromatic N) is 2. The highest BCUT2D eigenvalue weighted by Gasteiger charge is 2.37. The summed E-state index contributed by atoms with van der Waals surface area (Å²) < 4.78 is 52.6. The van der Waals surface area contributed by atoms with Gasteiger partial charge in [0.05, 0.1) is 0 Å². The number of hydrogen-bond acceptors (Lipinski definition) is 2. The van der Waals surface area contributed by atoms with Gasteiger partial charge in [-0.2, -0.15) is 5.10 Å². The molecule has 2 heterocycles. The molecule has 3 rings (SSSR count). The predicted molar refractivity (Wildman–Crippen MR) is 69.4 cm³/mol. The first-order valence-corrected chi connectivity index (χ1v) is 7.39. The van der Waals surface area contributed by atoms with Gasteiger partial charge in [-0.25, -0.2) is 17.6 Å². The van der Waals surface area contributed by atoms with Crippen LogP contribution in [0.15, 0.2) is 0 Å². The van der Waals surface area contributed by atoms with Crippen LogP contribution in [0.5, 0.6) is 0 Å². The second-order valence-electron chi connectivity index (χ2n) is 6.17. The molecular weight excluding hydrogens is 286 g/mol. The number of halogens is 4. The quantitative estimate of drug-likeness (QED) is 0.866. The second kappa shape index (κ2) is 5.59. The zero-order valence-corrected chi connectivity index (χ0v) is 11.7. The summed E-state index contributed by atoms with van der Waals surface area (Å²) in [7, 11) is 0. The number of aromatic nitrogens is 2. The monoisotopic (exact) mass is 305 g/mol. The van der Waals surface area contributed by atoms with E-state index in [1.165, 1.54) is 0 Å². The Hall–Kier alpha value is -1.11. The SMILES string of the molecule is FC(F)c1n[nH]c2c1CN(CC1CCCC(F)(F)C1)CC2. The molecule has 1 aromatic heterocycles. The lowest BCUT2D eigenvalue weighted by molar-refractivity contribution is -0.0574. The summed E-state index contributed by atoms with van der Waals surface area (Å²) in [6, 6.07) is 0. The van der Waals surface area contributed by atoms with Crippen LogP contribution in [0.4, 0.5) is 17.6 Å². The molecule has 0 radical (unpaired) electrons. The van der Waals surface area contributed by atoms with E-state index in [4.69, 9.17) is 0 Å². The predicted octanol–water partition coefficient (Wildman–Crippen LogP) is 3.53. The van der Waals surface area contributed by atoms with E-state index in [1.54, 1.807) is 0 Å². The van der Waals surface area contributed by atoms with E-state index >= 15 is 0 Å². The van der Waals surface area contributed by atoms with Gasteiger partial charge in [-0.05, 0) is 18.8 Å². The molecule has 0 aromatic carbocycles. The minimum Gasteiger partial charge on any atom is -0.298 e. The highest BCUT2D eigenvalue weighted by atomic mass is 19.3. The van der Waals surface area contributed by atoms with Crippen LogP contribution in [0, 0.1) is 5.92 Å². The molecule has 1 fully saturated rings. The van der Waals surface area contributed by atoms with Crippen molar-refractivity contribution in [2.24, 2.45) is 5.92 Å². The maximum atomic E-state index is 13.4. The summed E-state index contributed by atoms with van der Waals surface area (Å²) in [6.07, 6.45) is -0.729. The minimum atomic E-state index is -2.59. The first kappa shape index (κ1) is 14.8. The Kier molecular flexibility index (Phi) is 3.94. The maximum Gasteiger partial charge on any atom is 0.282 e. The molecule has 2 aliphatic rings. The van der Waals surface area contributed by atoms with Crippen LogP contribution in [0.3, 0.4) is 0 Å². The highest BCUT2D eigenvalue weighted by molar-refractivity contribution is 5.28. The van der Waals surface area contributed by atoms with Gasteiger partial charge in [0, 0.05) is 50.2 Å². The number of aromatic amines is 1. The molecule has 1 unspecified atom stereocenters. The topological polar surface area (TPSA) is 31.9 Å². The first-order chi connectivity index (χ1) is 9.94. The fourth-order valence-electron chi connectivity index (χ4n) is 3.51. The van der Waals surface area contributed by atoms with Crippen LogP contribution >= 0.6 is 0 Å². The van der Waals surface area contributed by atoms with Crippen molar-refractivity contribution in [1.82, 2.24) is 15.1 Å². The van der Waals surface area contributed by atoms with E-state index < -0.39 is 12.3 Å². The summed E-state index contributed by atoms with van der Waals surface area (Å²) in [5.41, 5.74) is 1.12. The molecule has 118 valence electrons. The molecule has 1 aliphatic heterocycles. The second-order valence-corrected chi connectivity index (χ2v) is 6.17. The molecule has 7 heteroatoms. The van der Waals surface area contributed by atoms with Crippen molar-refractivity contribution >= 4 is 0 Å². The van der Waals surface area contributed by atoms with Crippen molar-refractivity contribution < 1.29 is 17.6 Å². The van der Waals surface area contributed by atoms with Crippen molar-refractivity contribution in [3.8, 4) is 0 Å². The lowest BCUT2D eigenvalue weighted by atomic mass is 9.86. The van der Waals surface area contributed by atoms with Crippen molar-refractivity contribution in [2.75, 3.05) is 13.1 Å². The standard InChI is InChI=1S/C14H19F4N3/c15-13(16)12-10-8-21(5-3-11(10)19-20-12)7-9-2-1-4-14(17,18)6-9/h9,13H,1-8H2,(H,19,20). The third kappa shape index (κ3) is 3.22. The lowest BCUT2D eigenvalue weighted by Crippen LogP contribution is -2.38. The van der Waals surface area contributed by atoms with Crippen LogP contribution in [0.25, 0.3) is 0 Å². The number of hydrogen-bond donors (Lipinski definition) is 1. The smallest absolute Gasteiger partial charge is 0.282 e. The summed E-state index contributed by atoms with van der Waals surface area (Å²) in [4.78, 5) is 2.01. The Morgan fingerprint density at radius 2 is 2.19 bits per heavy atom. The molecule has 1 saturated carbocycles. The van der Waals surface area contributed by atoms with Crippen LogP contribution < -0.4 is 0 Å². The lowest BCUT2D eigenvalue weighted by Gasteiger charge is -2.34. The molecule has 1 aliphatic carbocycles. The van der Waals surface area contributed by atoms with Gasteiger partial charge in [0.15, 0.2) is 0 Å². The summed E-state index contributed by atoms with van der Waals surface area (Å²) in [5, 5.41) is 6.35. The van der Waals surface area contributed by atoms with Gasteiger partial charge in [0.2, 0.25) is 5.92 Å². The summed E-state index contributed by atoms with van der Waals surface area (Å²) >= 11 is 0. The third-order valence-corrected chi connectivity index (χ3v) is 4.51. The van der Waals surface area contributed by atoms with Crippen LogP contribution in [-0.2, 0) is 13.0 Å². The largest absolute Gasteiger partial charge is 0.298 e. The van der Waals surface area contributed by atoms with Crippen molar-refractivity contribution in [2.45, 2.75) is 51.0 Å². The van der Waals surface area contributed by atoms with E-state index in [1.807, 2.05) is 4.90 Å². The molecule has 21 heavy (non-hydrogen) atoms. The van der Waals surface area contributed by atoms with E-state index in [0.717, 1.165) is 12.1 Å². The molecule has 1 atom stereocenters. The molecule has 0 saturated heterocycles. The van der Waals surface area contributed by atoms with Gasteiger partial charge in [0.25, 0.3) is 6.43 Å². The van der Waals surface area contributed by atoms with Gasteiger partial charge in [-0.3, -0.25) is 10.00 Å². The Balaban J connectivity index is 1.65. The van der Waals surface area contributed by atoms with Gasteiger partial charge < -0.3 is 0 Å². The highest BCUT2D eigenvalue weighted by Crippen LogP contribution is 2.37. The van der Waals surface area contributed by atoms with E-state index in [2.05, 4.69) is 10.2 Å². The molecular formula is C14H19F4N3. The van der Waals surface area contributed by atoms with Crippen LogP contribution in [0.1, 0.15) is 49.1 Å². The Bertz CT molecular complexity index is 500. The molecule has 0 bridgehead atoms. The fraction of sp³-hybridized carbons (Fsp3) is 0.786. The Morgan fingerprint density at radius 3 is 2.90 bits per heavy atom. The average molecular weight is 305 g/mol. The molecule has 0 spiro atoms. The van der Waals surface area contributed by atoms with Crippen LogP contribution in [0.2, 0.25) is 0 Å². The number of nitrogens with one attached hydrogen (secondary N) is 1. The first-order valence-electron chi connectivity index (χ1n) is 7.39. The zero-order chi connectivity index (χ0) is 15.0. The molecule has 3 nitrogen and oxygen atoms in total. The van der Waals surface area contributed by atoms with E-state index in [-0.39, 0.29) is 24.5 Å². The zero-order valence-electron chi connectivity index (χ0n) is 11.7. The van der Waals surface area contributed by atoms with Gasteiger partial charge in [-0.1, -0.05) is 0 Å². The van der Waals surface area contributed by atoms with Crippen molar-refractivity contribution in [3.05, 3.63) is 17.0 Å². The summed E-state index contributed by atoms with van der Waals surface area (Å²) in [5.74, 6) is -2.61. The fourth-order valence-corrected chi connectivity index (χ4v) is 3.51. The molecule has 0 amide bonds. The van der Waals surface area contributed by atoms with Gasteiger partial charge >= 0.3 is 0 Å². The van der Waals surface area contributed by atoms with Crippen LogP contribution in [-0.4, -0.2) is 34.1 Å². The van der Waals surface area contributed by atoms with Gasteiger partial charge in [-0.15, -0.1) is 0 Å². The number of rotatable bonds is 3. The molecule has 1 aromatic rings. The summed E-state index contributed by atoms with van der Waals surface area (Å²) in [6.45, 7) is 1.65. The number of H-pyrrole nitrogens is 1. The Labute approximate surface area is 120 Å². The minimum absolute atomic E-state index is 0.0229. The van der Waals surface area contributed by atoms with E-state index in [0.29, 0.717) is 38.0 Å². The number of alkyl halides is 4. The van der Waals surface area contributed by atoms with Crippen molar-refractivity contribution in [1.29, 1.82) is 0 Å². The normalized spacial score (nSPS) is 26.0.